The Morgan fingerprint density at radius 3 is 2.14 bits per heavy atom. The van der Waals surface area contributed by atoms with E-state index in [0.29, 0.717) is 0 Å². The lowest BCUT2D eigenvalue weighted by atomic mass is 10.0. The van der Waals surface area contributed by atoms with Gasteiger partial charge in [0.2, 0.25) is 0 Å². The summed E-state index contributed by atoms with van der Waals surface area (Å²) in [6.07, 6.45) is 7.87. The largest absolute Gasteiger partial charge is 0.0877 e. The van der Waals surface area contributed by atoms with Crippen LogP contribution in [0.4, 0.5) is 0 Å². The fourth-order valence-electron chi connectivity index (χ4n) is 1.64. The predicted molar refractivity (Wildman–Crippen MR) is 70.5 cm³/mol. The van der Waals surface area contributed by atoms with E-state index in [4.69, 9.17) is 0 Å². The van der Waals surface area contributed by atoms with E-state index in [1.54, 1.807) is 5.57 Å². The molecule has 0 aliphatic rings. The molecule has 0 N–H and O–H groups in total. The lowest BCUT2D eigenvalue weighted by molar-refractivity contribution is 0.641. The first-order chi connectivity index (χ1) is 6.35. The third kappa shape index (κ3) is 8.30. The summed E-state index contributed by atoms with van der Waals surface area (Å²) in [6.45, 7) is 14.0. The number of hydrogen-bond acceptors (Lipinski definition) is 0. The molecule has 0 atom stereocenters. The van der Waals surface area contributed by atoms with Crippen molar-refractivity contribution in [2.45, 2.75) is 52.9 Å². The van der Waals surface area contributed by atoms with Gasteiger partial charge in [-0.3, -0.25) is 0 Å². The summed E-state index contributed by atoms with van der Waals surface area (Å²) in [6, 6.07) is 1.34. The third-order valence-corrected chi connectivity index (χ3v) is 3.47. The molecule has 0 aliphatic heterocycles. The molecule has 0 fully saturated rings. The van der Waals surface area contributed by atoms with Gasteiger partial charge in [0.15, 0.2) is 0 Å². The van der Waals surface area contributed by atoms with E-state index in [1.165, 1.54) is 12.5 Å². The molecular weight excluding hydrogens is 184 g/mol. The molecule has 14 heavy (non-hydrogen) atoms. The maximum Gasteiger partial charge on any atom is 0.0483 e. The van der Waals surface area contributed by atoms with Gasteiger partial charge in [-0.15, -0.1) is 0 Å². The summed E-state index contributed by atoms with van der Waals surface area (Å²) in [5, 5.41) is 0. The van der Waals surface area contributed by atoms with Crippen LogP contribution in [0.5, 0.6) is 0 Å². The Bertz CT molecular complexity index is 204. The Hall–Kier alpha value is -0.303. The highest BCUT2D eigenvalue weighted by molar-refractivity contribution is 6.76. The van der Waals surface area contributed by atoms with E-state index in [0.717, 1.165) is 5.92 Å². The summed E-state index contributed by atoms with van der Waals surface area (Å²) in [7, 11) is -0.939. The molecular formula is C13H26Si. The molecule has 0 aliphatic carbocycles. The van der Waals surface area contributed by atoms with Crippen molar-refractivity contribution < 1.29 is 0 Å². The first-order valence-corrected chi connectivity index (χ1v) is 9.36. The molecule has 0 heterocycles. The van der Waals surface area contributed by atoms with Crippen LogP contribution in [0.1, 0.15) is 27.2 Å². The Morgan fingerprint density at radius 1 is 1.21 bits per heavy atom. The fourth-order valence-corrected chi connectivity index (χ4v) is 3.26. The smallest absolute Gasteiger partial charge is 0.0483 e. The van der Waals surface area contributed by atoms with Gasteiger partial charge in [0.1, 0.15) is 0 Å². The molecule has 0 unspecified atom stereocenters. The van der Waals surface area contributed by atoms with Gasteiger partial charge in [-0.25, -0.2) is 0 Å². The molecule has 0 saturated heterocycles. The summed E-state index contributed by atoms with van der Waals surface area (Å²) in [5.41, 5.74) is 1.64. The number of hydrogen-bond donors (Lipinski definition) is 0. The standard InChI is InChI=1S/C13H26Si/c1-7-8-9-13(10-12(2)3)11-14(4,5)6/h7-9,12H,10-11H2,1-6H3/b8-7+,13-9-. The highest BCUT2D eigenvalue weighted by atomic mass is 28.3. The SMILES string of the molecule is C/C=C/C=C(/CC(C)C)C[Si](C)(C)C. The van der Waals surface area contributed by atoms with Crippen LogP contribution in [0.3, 0.4) is 0 Å². The van der Waals surface area contributed by atoms with Crippen LogP contribution in [0, 0.1) is 5.92 Å². The van der Waals surface area contributed by atoms with Gasteiger partial charge >= 0.3 is 0 Å². The van der Waals surface area contributed by atoms with E-state index < -0.39 is 8.07 Å². The number of rotatable bonds is 5. The van der Waals surface area contributed by atoms with Gasteiger partial charge in [-0.2, -0.15) is 0 Å². The monoisotopic (exact) mass is 210 g/mol. The third-order valence-electron chi connectivity index (χ3n) is 1.95. The second kappa shape index (κ2) is 6.23. The van der Waals surface area contributed by atoms with E-state index in [-0.39, 0.29) is 0 Å². The van der Waals surface area contributed by atoms with Crippen molar-refractivity contribution in [3.63, 3.8) is 0 Å². The quantitative estimate of drug-likeness (QED) is 0.448. The number of allylic oxidation sites excluding steroid dienone is 4. The second-order valence-corrected chi connectivity index (χ2v) is 11.2. The first kappa shape index (κ1) is 13.7. The highest BCUT2D eigenvalue weighted by Gasteiger charge is 2.15. The Balaban J connectivity index is 4.40. The fraction of sp³-hybridized carbons (Fsp3) is 0.692. The Labute approximate surface area is 91.1 Å². The minimum Gasteiger partial charge on any atom is -0.0877 e. The maximum absolute atomic E-state index is 2.44. The summed E-state index contributed by atoms with van der Waals surface area (Å²) >= 11 is 0. The van der Waals surface area contributed by atoms with Gasteiger partial charge in [0.25, 0.3) is 0 Å². The molecule has 82 valence electrons. The predicted octanol–water partition coefficient (Wildman–Crippen LogP) is 4.87. The first-order valence-electron chi connectivity index (χ1n) is 5.66. The van der Waals surface area contributed by atoms with Crippen LogP contribution in [0.15, 0.2) is 23.8 Å². The van der Waals surface area contributed by atoms with Crippen LogP contribution in [-0.4, -0.2) is 8.07 Å². The molecule has 0 rings (SSSR count). The molecule has 0 saturated carbocycles. The molecule has 0 amide bonds. The van der Waals surface area contributed by atoms with Crippen LogP contribution in [0.25, 0.3) is 0 Å². The van der Waals surface area contributed by atoms with Crippen molar-refractivity contribution in [1.82, 2.24) is 0 Å². The lowest BCUT2D eigenvalue weighted by Gasteiger charge is -2.19. The van der Waals surface area contributed by atoms with Gasteiger partial charge < -0.3 is 0 Å². The van der Waals surface area contributed by atoms with E-state index in [9.17, 15) is 0 Å². The van der Waals surface area contributed by atoms with Crippen molar-refractivity contribution in [2.24, 2.45) is 5.92 Å². The minimum atomic E-state index is -0.939. The highest BCUT2D eigenvalue weighted by Crippen LogP contribution is 2.22. The molecule has 0 nitrogen and oxygen atoms in total. The van der Waals surface area contributed by atoms with Gasteiger partial charge in [-0.05, 0) is 25.3 Å². The van der Waals surface area contributed by atoms with Gasteiger partial charge in [-0.1, -0.05) is 57.3 Å². The van der Waals surface area contributed by atoms with E-state index in [1.807, 2.05) is 0 Å². The van der Waals surface area contributed by atoms with Crippen LogP contribution >= 0.6 is 0 Å². The maximum atomic E-state index is 2.44. The molecule has 0 aromatic rings. The summed E-state index contributed by atoms with van der Waals surface area (Å²) in [5.74, 6) is 0.780. The molecule has 0 radical (unpaired) electrons. The zero-order chi connectivity index (χ0) is 11.2. The zero-order valence-electron chi connectivity index (χ0n) is 10.7. The van der Waals surface area contributed by atoms with Crippen molar-refractivity contribution >= 4 is 8.07 Å². The Morgan fingerprint density at radius 2 is 1.79 bits per heavy atom. The van der Waals surface area contributed by atoms with Gasteiger partial charge in [0, 0.05) is 8.07 Å². The van der Waals surface area contributed by atoms with Crippen molar-refractivity contribution in [3.05, 3.63) is 23.8 Å². The van der Waals surface area contributed by atoms with Crippen molar-refractivity contribution in [3.8, 4) is 0 Å². The van der Waals surface area contributed by atoms with E-state index in [2.05, 4.69) is 58.6 Å². The van der Waals surface area contributed by atoms with E-state index >= 15 is 0 Å². The molecule has 0 bridgehead atoms. The lowest BCUT2D eigenvalue weighted by Crippen LogP contribution is -2.20. The second-order valence-electron chi connectivity index (χ2n) is 5.69. The molecule has 0 spiro atoms. The van der Waals surface area contributed by atoms with Gasteiger partial charge in [0.05, 0.1) is 0 Å². The van der Waals surface area contributed by atoms with Crippen molar-refractivity contribution in [1.29, 1.82) is 0 Å². The average molecular weight is 210 g/mol. The topological polar surface area (TPSA) is 0 Å². The summed E-state index contributed by atoms with van der Waals surface area (Å²) < 4.78 is 0. The molecule has 0 aromatic heterocycles. The average Bonchev–Trinajstić information content (AvgIpc) is 1.96. The summed E-state index contributed by atoms with van der Waals surface area (Å²) in [4.78, 5) is 0. The van der Waals surface area contributed by atoms with Crippen LogP contribution in [0.2, 0.25) is 25.7 Å². The minimum absolute atomic E-state index is 0.780. The van der Waals surface area contributed by atoms with Crippen LogP contribution < -0.4 is 0 Å². The normalized spacial score (nSPS) is 14.4. The molecule has 1 heteroatoms. The molecule has 0 aromatic carbocycles. The Kier molecular flexibility index (Phi) is 6.10. The van der Waals surface area contributed by atoms with Crippen molar-refractivity contribution in [2.75, 3.05) is 0 Å². The zero-order valence-corrected chi connectivity index (χ0v) is 11.7. The van der Waals surface area contributed by atoms with Crippen LogP contribution in [-0.2, 0) is 0 Å².